The number of carbonyl (C=O) groups is 1. The number of hydrogen-bond acceptors (Lipinski definition) is 5. The molecule has 3 aromatic heterocycles. The summed E-state index contributed by atoms with van der Waals surface area (Å²) in [5.74, 6) is -0.0354. The molecule has 2 fully saturated rings. The summed E-state index contributed by atoms with van der Waals surface area (Å²) >= 11 is 0. The van der Waals surface area contributed by atoms with Gasteiger partial charge in [-0.15, -0.1) is 0 Å². The lowest BCUT2D eigenvalue weighted by atomic mass is 9.92. The molecule has 0 aromatic carbocycles. The number of amides is 1. The van der Waals surface area contributed by atoms with Crippen molar-refractivity contribution < 1.29 is 13.2 Å². The topological polar surface area (TPSA) is 120 Å². The average Bonchev–Trinajstić information content (AvgIpc) is 3.48. The van der Waals surface area contributed by atoms with E-state index in [0.717, 1.165) is 48.7 Å². The second kappa shape index (κ2) is 7.63. The lowest BCUT2D eigenvalue weighted by Crippen LogP contribution is -2.40. The number of primary amides is 1. The minimum atomic E-state index is -3.72. The fourth-order valence-corrected chi connectivity index (χ4v) is 5.85. The highest BCUT2D eigenvalue weighted by molar-refractivity contribution is 7.89. The molecule has 0 bridgehead atoms. The summed E-state index contributed by atoms with van der Waals surface area (Å²) < 4.78 is 30.1. The summed E-state index contributed by atoms with van der Waals surface area (Å²) in [6.07, 6.45) is 8.60. The van der Waals surface area contributed by atoms with Crippen LogP contribution in [0.3, 0.4) is 0 Å². The maximum absolute atomic E-state index is 12.7. The van der Waals surface area contributed by atoms with E-state index >= 15 is 0 Å². The molecular formula is C24H29N5O3S. The summed E-state index contributed by atoms with van der Waals surface area (Å²) in [6, 6.07) is 5.43. The predicted octanol–water partition coefficient (Wildman–Crippen LogP) is 3.88. The van der Waals surface area contributed by atoms with Crippen LogP contribution in [0.4, 0.5) is 0 Å². The van der Waals surface area contributed by atoms with Crippen LogP contribution in [0.2, 0.25) is 0 Å². The van der Waals surface area contributed by atoms with Gasteiger partial charge < -0.3 is 10.3 Å². The maximum Gasteiger partial charge on any atom is 0.251 e. The van der Waals surface area contributed by atoms with Gasteiger partial charge in [-0.05, 0) is 82.6 Å². The minimum absolute atomic E-state index is 0.0715. The molecule has 2 aliphatic carbocycles. The summed E-state index contributed by atoms with van der Waals surface area (Å²) in [4.78, 5) is 22.0. The highest BCUT2D eigenvalue weighted by atomic mass is 32.2. The highest BCUT2D eigenvalue weighted by Gasteiger charge is 2.32. The number of rotatable bonds is 6. The lowest BCUT2D eigenvalue weighted by molar-refractivity contribution is 0.100. The molecule has 33 heavy (non-hydrogen) atoms. The van der Waals surface area contributed by atoms with Crippen LogP contribution >= 0.6 is 0 Å². The first-order valence-electron chi connectivity index (χ1n) is 11.4. The quantitative estimate of drug-likeness (QED) is 0.570. The van der Waals surface area contributed by atoms with Gasteiger partial charge in [0.1, 0.15) is 10.5 Å². The van der Waals surface area contributed by atoms with Crippen LogP contribution in [0.5, 0.6) is 0 Å². The standard InChI is InChI=1S/C24H29N5O3S/c1-24(2,3)28-33(31,32)17-9-10-19(26-13-17)21-20(22(25)30)18-11-15(14-7-8-14)12-27-23(18)29(21)16-5-4-6-16/h9-14,16,28H,4-8H2,1-3H3,(H2,25,30). The highest BCUT2D eigenvalue weighted by Crippen LogP contribution is 2.44. The number of nitrogens with two attached hydrogens (primary N) is 1. The van der Waals surface area contributed by atoms with Gasteiger partial charge >= 0.3 is 0 Å². The fourth-order valence-electron chi connectivity index (χ4n) is 4.49. The van der Waals surface area contributed by atoms with Gasteiger partial charge in [0.05, 0.1) is 17.0 Å². The third-order valence-corrected chi connectivity index (χ3v) is 8.07. The molecule has 0 radical (unpaired) electrons. The molecule has 3 heterocycles. The molecule has 3 N–H and O–H groups in total. The van der Waals surface area contributed by atoms with Gasteiger partial charge in [-0.3, -0.25) is 9.78 Å². The number of nitrogens with one attached hydrogen (secondary N) is 1. The second-order valence-corrected chi connectivity index (χ2v) is 11.9. The molecule has 0 aliphatic heterocycles. The van der Waals surface area contributed by atoms with Crippen LogP contribution in [-0.4, -0.2) is 34.4 Å². The number of fused-ring (bicyclic) bond motifs is 1. The first-order valence-corrected chi connectivity index (χ1v) is 12.9. The molecule has 9 heteroatoms. The zero-order chi connectivity index (χ0) is 23.5. The third kappa shape index (κ3) is 4.04. The number of pyridine rings is 2. The maximum atomic E-state index is 12.7. The van der Waals surface area contributed by atoms with Crippen LogP contribution < -0.4 is 10.5 Å². The lowest BCUT2D eigenvalue weighted by Gasteiger charge is -2.29. The molecule has 0 spiro atoms. The Bertz CT molecular complexity index is 1350. The Kier molecular flexibility index (Phi) is 5.10. The Morgan fingerprint density at radius 3 is 2.36 bits per heavy atom. The van der Waals surface area contributed by atoms with Gasteiger partial charge in [-0.25, -0.2) is 18.1 Å². The molecule has 0 unspecified atom stereocenters. The van der Waals surface area contributed by atoms with Crippen LogP contribution in [0.25, 0.3) is 22.4 Å². The minimum Gasteiger partial charge on any atom is -0.366 e. The van der Waals surface area contributed by atoms with Gasteiger partial charge in [0.25, 0.3) is 5.91 Å². The van der Waals surface area contributed by atoms with E-state index in [4.69, 9.17) is 10.7 Å². The van der Waals surface area contributed by atoms with Crippen molar-refractivity contribution in [1.29, 1.82) is 0 Å². The monoisotopic (exact) mass is 467 g/mol. The van der Waals surface area contributed by atoms with Crippen molar-refractivity contribution in [2.24, 2.45) is 5.73 Å². The van der Waals surface area contributed by atoms with Crippen molar-refractivity contribution >= 4 is 27.0 Å². The van der Waals surface area contributed by atoms with E-state index in [9.17, 15) is 13.2 Å². The predicted molar refractivity (Wildman–Crippen MR) is 126 cm³/mol. The van der Waals surface area contributed by atoms with Crippen molar-refractivity contribution in [1.82, 2.24) is 19.3 Å². The van der Waals surface area contributed by atoms with E-state index < -0.39 is 21.5 Å². The molecular weight excluding hydrogens is 438 g/mol. The Balaban J connectivity index is 1.67. The Morgan fingerprint density at radius 2 is 1.85 bits per heavy atom. The van der Waals surface area contributed by atoms with Crippen molar-refractivity contribution in [2.75, 3.05) is 0 Å². The van der Waals surface area contributed by atoms with E-state index in [2.05, 4.69) is 14.3 Å². The first kappa shape index (κ1) is 22.0. The van der Waals surface area contributed by atoms with Crippen molar-refractivity contribution in [3.63, 3.8) is 0 Å². The zero-order valence-electron chi connectivity index (χ0n) is 19.1. The summed E-state index contributed by atoms with van der Waals surface area (Å²) in [6.45, 7) is 5.35. The van der Waals surface area contributed by atoms with Gasteiger partial charge in [0.2, 0.25) is 10.0 Å². The van der Waals surface area contributed by atoms with E-state index in [-0.39, 0.29) is 10.9 Å². The van der Waals surface area contributed by atoms with E-state index in [1.807, 2.05) is 12.3 Å². The van der Waals surface area contributed by atoms with E-state index in [0.29, 0.717) is 22.9 Å². The van der Waals surface area contributed by atoms with Crippen LogP contribution in [0, 0.1) is 0 Å². The normalized spacial score (nSPS) is 17.3. The smallest absolute Gasteiger partial charge is 0.251 e. The van der Waals surface area contributed by atoms with Gasteiger partial charge in [0, 0.05) is 29.4 Å². The van der Waals surface area contributed by atoms with Crippen molar-refractivity contribution in [3.05, 3.63) is 41.7 Å². The molecule has 1 amide bonds. The van der Waals surface area contributed by atoms with E-state index in [1.165, 1.54) is 12.3 Å². The Hall–Kier alpha value is -2.78. The van der Waals surface area contributed by atoms with Crippen molar-refractivity contribution in [2.45, 2.75) is 75.3 Å². The molecule has 2 saturated carbocycles. The fraction of sp³-hybridized carbons (Fsp3) is 0.458. The van der Waals surface area contributed by atoms with Crippen LogP contribution in [0.1, 0.15) is 80.8 Å². The van der Waals surface area contributed by atoms with E-state index in [1.54, 1.807) is 26.8 Å². The average molecular weight is 468 g/mol. The summed E-state index contributed by atoms with van der Waals surface area (Å²) in [7, 11) is -3.72. The molecule has 2 aliphatic rings. The largest absolute Gasteiger partial charge is 0.366 e. The SMILES string of the molecule is CC(C)(C)NS(=O)(=O)c1ccc(-c2c(C(N)=O)c3cc(C4CC4)cnc3n2C2CCC2)nc1. The van der Waals surface area contributed by atoms with Gasteiger partial charge in [-0.1, -0.05) is 0 Å². The molecule has 5 rings (SSSR count). The summed E-state index contributed by atoms with van der Waals surface area (Å²) in [5.41, 5.74) is 8.68. The van der Waals surface area contributed by atoms with Gasteiger partial charge in [-0.2, -0.15) is 0 Å². The zero-order valence-corrected chi connectivity index (χ0v) is 19.9. The molecule has 8 nitrogen and oxygen atoms in total. The Labute approximate surface area is 193 Å². The molecule has 174 valence electrons. The molecule has 0 atom stereocenters. The number of sulfonamides is 1. The number of carbonyl (C=O) groups excluding carboxylic acids is 1. The molecule has 0 saturated heterocycles. The second-order valence-electron chi connectivity index (χ2n) is 10.2. The third-order valence-electron chi connectivity index (χ3n) is 6.33. The van der Waals surface area contributed by atoms with Gasteiger partial charge in [0.15, 0.2) is 0 Å². The molecule has 3 aromatic rings. The number of nitrogens with zero attached hydrogens (tertiary/aromatic N) is 3. The number of hydrogen-bond donors (Lipinski definition) is 2. The van der Waals surface area contributed by atoms with Crippen molar-refractivity contribution in [3.8, 4) is 11.4 Å². The number of aromatic nitrogens is 3. The first-order chi connectivity index (χ1) is 15.5. The van der Waals surface area contributed by atoms with Crippen LogP contribution in [0.15, 0.2) is 35.5 Å². The Morgan fingerprint density at radius 1 is 1.12 bits per heavy atom. The van der Waals surface area contributed by atoms with Crippen LogP contribution in [-0.2, 0) is 10.0 Å². The summed E-state index contributed by atoms with van der Waals surface area (Å²) in [5, 5.41) is 0.752.